The summed E-state index contributed by atoms with van der Waals surface area (Å²) in [7, 11) is 1.56. The number of nitrogens with zero attached hydrogens (tertiary/aromatic N) is 1. The lowest BCUT2D eigenvalue weighted by Crippen LogP contribution is -2.48. The van der Waals surface area contributed by atoms with Crippen molar-refractivity contribution in [2.45, 2.75) is 17.8 Å². The van der Waals surface area contributed by atoms with Gasteiger partial charge in [-0.15, -0.1) is 0 Å². The molecule has 3 atom stereocenters. The van der Waals surface area contributed by atoms with Crippen LogP contribution in [0.4, 0.5) is 5.69 Å². The normalized spacial score (nSPS) is 22.6. The molecule has 0 spiro atoms. The fraction of sp³-hybridized carbons (Fsp3) is 0.172. The van der Waals surface area contributed by atoms with Crippen LogP contribution in [0.2, 0.25) is 15.1 Å². The number of methoxy groups -OCH3 is 1. The second kappa shape index (κ2) is 10.0. The molecule has 1 aliphatic carbocycles. The Labute approximate surface area is 235 Å². The Kier molecular flexibility index (Phi) is 6.90. The second-order valence-electron chi connectivity index (χ2n) is 9.15. The zero-order valence-corrected chi connectivity index (χ0v) is 22.5. The van der Waals surface area contributed by atoms with Gasteiger partial charge in [0.1, 0.15) is 11.5 Å². The fourth-order valence-corrected chi connectivity index (χ4v) is 6.31. The van der Waals surface area contributed by atoms with Crippen LogP contribution in [0, 0.1) is 5.92 Å². The van der Waals surface area contributed by atoms with Crippen LogP contribution in [0.5, 0.6) is 11.5 Å². The van der Waals surface area contributed by atoms with E-state index in [1.165, 1.54) is 18.2 Å². The van der Waals surface area contributed by atoms with Gasteiger partial charge in [0.05, 0.1) is 29.2 Å². The van der Waals surface area contributed by atoms with Gasteiger partial charge < -0.3 is 9.84 Å². The zero-order chi connectivity index (χ0) is 27.2. The Morgan fingerprint density at radius 2 is 1.79 bits per heavy atom. The van der Waals surface area contributed by atoms with Crippen molar-refractivity contribution in [3.63, 3.8) is 0 Å². The standard InChI is InChI=1S/C29H23Cl3N2O4/c1-3-16-4-12-22-27(36)34(33-25-13-7-18(30)14-24(25)32)28(37)29(22,17-5-9-20(38-2)10-6-17)26(16)21-11-8-19(35)15-23(21)31/h3-11,13-15,22,26,33,35H,1,12H2,2H3/t22-,26+,29+/m0/s1. The van der Waals surface area contributed by atoms with E-state index in [1.54, 1.807) is 55.7 Å². The highest BCUT2D eigenvalue weighted by Crippen LogP contribution is 2.58. The van der Waals surface area contributed by atoms with Crippen LogP contribution < -0.4 is 10.2 Å². The highest BCUT2D eigenvalue weighted by Gasteiger charge is 2.66. The number of halogens is 3. The number of aromatic hydroxyl groups is 1. The Balaban J connectivity index is 1.75. The summed E-state index contributed by atoms with van der Waals surface area (Å²) in [5.41, 5.74) is 3.87. The molecule has 3 aromatic rings. The molecule has 3 aromatic carbocycles. The Morgan fingerprint density at radius 1 is 1.05 bits per heavy atom. The summed E-state index contributed by atoms with van der Waals surface area (Å²) in [5, 5.41) is 12.0. The number of phenolic OH excluding ortho intramolecular Hbond substituents is 1. The van der Waals surface area contributed by atoms with Crippen molar-refractivity contribution >= 4 is 52.3 Å². The lowest BCUT2D eigenvalue weighted by Gasteiger charge is -2.43. The van der Waals surface area contributed by atoms with Gasteiger partial charge in [0, 0.05) is 16.0 Å². The van der Waals surface area contributed by atoms with E-state index in [1.807, 2.05) is 6.08 Å². The number of rotatable bonds is 6. The van der Waals surface area contributed by atoms with Crippen LogP contribution in [-0.2, 0) is 15.0 Å². The van der Waals surface area contributed by atoms with Gasteiger partial charge >= 0.3 is 0 Å². The molecular formula is C29H23Cl3N2O4. The number of hydrogen-bond donors (Lipinski definition) is 2. The summed E-state index contributed by atoms with van der Waals surface area (Å²) in [5.74, 6) is -1.72. The number of imide groups is 1. The first kappa shape index (κ1) is 26.2. The van der Waals surface area contributed by atoms with Gasteiger partial charge in [-0.25, -0.2) is 0 Å². The second-order valence-corrected chi connectivity index (χ2v) is 10.4. The van der Waals surface area contributed by atoms with Crippen molar-refractivity contribution in [3.8, 4) is 11.5 Å². The molecule has 2 aliphatic rings. The van der Waals surface area contributed by atoms with Crippen molar-refractivity contribution in [3.05, 3.63) is 111 Å². The number of amides is 2. The van der Waals surface area contributed by atoms with Gasteiger partial charge in [-0.3, -0.25) is 15.0 Å². The summed E-state index contributed by atoms with van der Waals surface area (Å²) in [6.07, 6.45) is 3.90. The molecule has 194 valence electrons. The maximum atomic E-state index is 14.6. The molecule has 38 heavy (non-hydrogen) atoms. The molecule has 2 amide bonds. The molecule has 1 fully saturated rings. The van der Waals surface area contributed by atoms with E-state index in [2.05, 4.69) is 12.0 Å². The number of ether oxygens (including phenoxy) is 1. The first-order valence-corrected chi connectivity index (χ1v) is 12.9. The number of allylic oxidation sites excluding steroid dienone is 3. The smallest absolute Gasteiger partial charge is 0.260 e. The lowest BCUT2D eigenvalue weighted by atomic mass is 9.56. The molecule has 5 rings (SSSR count). The van der Waals surface area contributed by atoms with Crippen LogP contribution in [-0.4, -0.2) is 29.0 Å². The minimum atomic E-state index is -1.38. The van der Waals surface area contributed by atoms with Crippen LogP contribution in [0.25, 0.3) is 0 Å². The zero-order valence-electron chi connectivity index (χ0n) is 20.3. The average Bonchev–Trinajstić information content (AvgIpc) is 3.12. The number of benzene rings is 3. The van der Waals surface area contributed by atoms with Gasteiger partial charge in [-0.2, -0.15) is 5.01 Å². The largest absolute Gasteiger partial charge is 0.508 e. The minimum Gasteiger partial charge on any atom is -0.508 e. The van der Waals surface area contributed by atoms with Crippen LogP contribution in [0.15, 0.2) is 85.0 Å². The van der Waals surface area contributed by atoms with Crippen molar-refractivity contribution in [1.82, 2.24) is 5.01 Å². The van der Waals surface area contributed by atoms with Crippen LogP contribution >= 0.6 is 34.8 Å². The Hall–Kier alpha value is -3.45. The van der Waals surface area contributed by atoms with Crippen molar-refractivity contribution in [2.75, 3.05) is 12.5 Å². The van der Waals surface area contributed by atoms with E-state index in [0.29, 0.717) is 34.0 Å². The average molecular weight is 570 g/mol. The van der Waals surface area contributed by atoms with E-state index in [4.69, 9.17) is 39.5 Å². The molecule has 0 saturated carbocycles. The van der Waals surface area contributed by atoms with E-state index >= 15 is 0 Å². The fourth-order valence-electron chi connectivity index (χ4n) is 5.57. The number of fused-ring (bicyclic) bond motifs is 1. The third-order valence-electron chi connectivity index (χ3n) is 7.26. The van der Waals surface area contributed by atoms with Crippen molar-refractivity contribution in [2.24, 2.45) is 5.92 Å². The molecule has 1 heterocycles. The topological polar surface area (TPSA) is 78.9 Å². The Morgan fingerprint density at radius 3 is 2.42 bits per heavy atom. The van der Waals surface area contributed by atoms with E-state index in [0.717, 1.165) is 10.6 Å². The summed E-state index contributed by atoms with van der Waals surface area (Å²) >= 11 is 19.1. The summed E-state index contributed by atoms with van der Waals surface area (Å²) in [6, 6.07) is 16.5. The highest BCUT2D eigenvalue weighted by molar-refractivity contribution is 6.36. The third-order valence-corrected chi connectivity index (χ3v) is 8.14. The quantitative estimate of drug-likeness (QED) is 0.315. The highest BCUT2D eigenvalue weighted by atomic mass is 35.5. The predicted octanol–water partition coefficient (Wildman–Crippen LogP) is 6.91. The lowest BCUT2D eigenvalue weighted by molar-refractivity contribution is -0.138. The molecule has 2 N–H and O–H groups in total. The first-order valence-electron chi connectivity index (χ1n) is 11.8. The number of carbonyl (C=O) groups excluding carboxylic acids is 2. The minimum absolute atomic E-state index is 0.0109. The third kappa shape index (κ3) is 4.04. The van der Waals surface area contributed by atoms with Gasteiger partial charge in [-0.1, -0.05) is 71.7 Å². The van der Waals surface area contributed by atoms with E-state index < -0.39 is 29.1 Å². The van der Waals surface area contributed by atoms with Crippen molar-refractivity contribution in [1.29, 1.82) is 0 Å². The van der Waals surface area contributed by atoms with Gasteiger partial charge in [0.15, 0.2) is 0 Å². The maximum absolute atomic E-state index is 14.6. The van der Waals surface area contributed by atoms with Crippen LogP contribution in [0.1, 0.15) is 23.5 Å². The maximum Gasteiger partial charge on any atom is 0.260 e. The van der Waals surface area contributed by atoms with Gasteiger partial charge in [-0.05, 0) is 65.6 Å². The molecule has 0 unspecified atom stereocenters. The molecule has 1 saturated heterocycles. The molecule has 0 bridgehead atoms. The Bertz CT molecular complexity index is 1490. The summed E-state index contributed by atoms with van der Waals surface area (Å²) < 4.78 is 5.35. The van der Waals surface area contributed by atoms with Crippen molar-refractivity contribution < 1.29 is 19.4 Å². The number of carbonyl (C=O) groups is 2. The molecule has 0 aromatic heterocycles. The number of hydrogen-bond acceptors (Lipinski definition) is 5. The number of phenols is 1. The predicted molar refractivity (Wildman–Crippen MR) is 149 cm³/mol. The molecule has 1 aliphatic heterocycles. The van der Waals surface area contributed by atoms with Gasteiger partial charge in [0.25, 0.3) is 11.8 Å². The van der Waals surface area contributed by atoms with Crippen LogP contribution in [0.3, 0.4) is 0 Å². The first-order chi connectivity index (χ1) is 18.2. The summed E-state index contributed by atoms with van der Waals surface area (Å²) in [4.78, 5) is 28.6. The van der Waals surface area contributed by atoms with E-state index in [-0.39, 0.29) is 15.8 Å². The monoisotopic (exact) mass is 568 g/mol. The number of hydrazine groups is 1. The molecule has 6 nitrogen and oxygen atoms in total. The molecule has 0 radical (unpaired) electrons. The number of anilines is 1. The SMILES string of the molecule is C=CC1=CC[C@H]2C(=O)N(Nc3ccc(Cl)cc3Cl)C(=O)[C@@]2(c2ccc(OC)cc2)[C@H]1c1ccc(O)cc1Cl. The summed E-state index contributed by atoms with van der Waals surface area (Å²) in [6.45, 7) is 3.99. The van der Waals surface area contributed by atoms with E-state index in [9.17, 15) is 14.7 Å². The molecule has 9 heteroatoms. The number of nitrogens with one attached hydrogen (secondary N) is 1. The van der Waals surface area contributed by atoms with Gasteiger partial charge in [0.2, 0.25) is 0 Å². The molecular weight excluding hydrogens is 547 g/mol.